The molecule has 1 aliphatic heterocycles. The Balaban J connectivity index is 1.39. The van der Waals surface area contributed by atoms with Gasteiger partial charge in [-0.05, 0) is 55.0 Å². The fourth-order valence-corrected chi connectivity index (χ4v) is 4.02. The van der Waals surface area contributed by atoms with Crippen molar-refractivity contribution in [1.82, 2.24) is 10.2 Å². The number of amides is 1. The molecule has 1 amide bonds. The van der Waals surface area contributed by atoms with Crippen LogP contribution in [0, 0.1) is 16.0 Å². The number of carbonyl (C=O) groups excluding carboxylic acids is 1. The van der Waals surface area contributed by atoms with E-state index in [0.717, 1.165) is 31.2 Å². The summed E-state index contributed by atoms with van der Waals surface area (Å²) in [6.07, 6.45) is 3.70. The number of anilines is 1. The molecular formula is C24H32N4O3. The Morgan fingerprint density at radius 3 is 2.61 bits per heavy atom. The van der Waals surface area contributed by atoms with Crippen LogP contribution in [0.1, 0.15) is 43.7 Å². The highest BCUT2D eigenvalue weighted by atomic mass is 16.6. The molecule has 0 aromatic heterocycles. The summed E-state index contributed by atoms with van der Waals surface area (Å²) in [5.41, 5.74) is 3.35. The summed E-state index contributed by atoms with van der Waals surface area (Å²) in [4.78, 5) is 25.0. The van der Waals surface area contributed by atoms with E-state index in [9.17, 15) is 14.9 Å². The molecule has 2 aromatic carbocycles. The number of nitrogens with one attached hydrogen (secondary N) is 2. The van der Waals surface area contributed by atoms with Gasteiger partial charge >= 0.3 is 0 Å². The van der Waals surface area contributed by atoms with Crippen LogP contribution >= 0.6 is 0 Å². The van der Waals surface area contributed by atoms with Crippen molar-refractivity contribution in [2.75, 3.05) is 25.0 Å². The smallest absolute Gasteiger partial charge is 0.269 e. The summed E-state index contributed by atoms with van der Waals surface area (Å²) in [6, 6.07) is 14.6. The highest BCUT2D eigenvalue weighted by Crippen LogP contribution is 2.19. The lowest BCUT2D eigenvalue weighted by molar-refractivity contribution is -0.384. The first-order valence-electron chi connectivity index (χ1n) is 11.1. The second-order valence-electron chi connectivity index (χ2n) is 8.36. The van der Waals surface area contributed by atoms with Gasteiger partial charge in [-0.2, -0.15) is 0 Å². The Bertz CT molecular complexity index is 869. The molecule has 7 heteroatoms. The average molecular weight is 425 g/mol. The van der Waals surface area contributed by atoms with E-state index in [1.54, 1.807) is 12.1 Å². The molecule has 1 fully saturated rings. The molecule has 0 radical (unpaired) electrons. The number of hydrogen-bond donors (Lipinski definition) is 2. The third-order valence-corrected chi connectivity index (χ3v) is 5.72. The zero-order chi connectivity index (χ0) is 22.1. The Morgan fingerprint density at radius 2 is 1.90 bits per heavy atom. The topological polar surface area (TPSA) is 87.5 Å². The van der Waals surface area contributed by atoms with Gasteiger partial charge in [-0.25, -0.2) is 0 Å². The Hall–Kier alpha value is -2.93. The van der Waals surface area contributed by atoms with Gasteiger partial charge in [0.25, 0.3) is 5.69 Å². The minimum absolute atomic E-state index is 0.0342. The number of nitro groups is 1. The van der Waals surface area contributed by atoms with Crippen LogP contribution in [0.25, 0.3) is 0 Å². The molecule has 0 bridgehead atoms. The number of nitrogens with zero attached hydrogens (tertiary/aromatic N) is 2. The van der Waals surface area contributed by atoms with E-state index >= 15 is 0 Å². The molecule has 3 rings (SSSR count). The fraction of sp³-hybridized carbons (Fsp3) is 0.458. The summed E-state index contributed by atoms with van der Waals surface area (Å²) in [5.74, 6) is 0.784. The fourth-order valence-electron chi connectivity index (χ4n) is 4.02. The molecule has 0 aliphatic carbocycles. The van der Waals surface area contributed by atoms with Crippen LogP contribution in [-0.2, 0) is 17.9 Å². The van der Waals surface area contributed by atoms with Crippen molar-refractivity contribution in [3.63, 3.8) is 0 Å². The lowest BCUT2D eigenvalue weighted by atomic mass is 9.99. The Labute approximate surface area is 184 Å². The van der Waals surface area contributed by atoms with Crippen LogP contribution in [0.15, 0.2) is 48.5 Å². The van der Waals surface area contributed by atoms with Crippen molar-refractivity contribution >= 4 is 17.3 Å². The SMILES string of the molecule is CC1CCCN(Cc2ccccc2CNC(=O)CCCNc2ccc([N+](=O)[O-])cc2)C1. The lowest BCUT2D eigenvalue weighted by Gasteiger charge is -2.31. The van der Waals surface area contributed by atoms with Crippen LogP contribution in [0.5, 0.6) is 0 Å². The molecule has 7 nitrogen and oxygen atoms in total. The van der Waals surface area contributed by atoms with E-state index in [-0.39, 0.29) is 11.6 Å². The largest absolute Gasteiger partial charge is 0.385 e. The molecule has 2 aromatic rings. The minimum atomic E-state index is -0.417. The Kier molecular flexibility index (Phi) is 8.41. The van der Waals surface area contributed by atoms with E-state index in [2.05, 4.69) is 40.7 Å². The third kappa shape index (κ3) is 7.36. The van der Waals surface area contributed by atoms with E-state index < -0.39 is 4.92 Å². The van der Waals surface area contributed by atoms with Crippen molar-refractivity contribution in [3.05, 3.63) is 69.8 Å². The van der Waals surface area contributed by atoms with Crippen LogP contribution in [0.2, 0.25) is 0 Å². The molecule has 1 aliphatic rings. The summed E-state index contributed by atoms with van der Waals surface area (Å²) >= 11 is 0. The van der Waals surface area contributed by atoms with E-state index in [1.807, 2.05) is 6.07 Å². The zero-order valence-corrected chi connectivity index (χ0v) is 18.2. The first kappa shape index (κ1) is 22.7. The maximum absolute atomic E-state index is 12.3. The predicted molar refractivity (Wildman–Crippen MR) is 123 cm³/mol. The molecule has 2 N–H and O–H groups in total. The quantitative estimate of drug-likeness (QED) is 0.337. The number of rotatable bonds is 10. The van der Waals surface area contributed by atoms with Gasteiger partial charge in [0.05, 0.1) is 4.92 Å². The molecule has 0 saturated carbocycles. The van der Waals surface area contributed by atoms with E-state index in [0.29, 0.717) is 25.9 Å². The summed E-state index contributed by atoms with van der Waals surface area (Å²) in [5, 5.41) is 16.9. The van der Waals surface area contributed by atoms with Crippen molar-refractivity contribution < 1.29 is 9.72 Å². The molecular weight excluding hydrogens is 392 g/mol. The van der Waals surface area contributed by atoms with Gasteiger partial charge in [0.15, 0.2) is 0 Å². The maximum Gasteiger partial charge on any atom is 0.269 e. The Morgan fingerprint density at radius 1 is 1.16 bits per heavy atom. The van der Waals surface area contributed by atoms with Crippen molar-refractivity contribution in [2.45, 2.75) is 45.7 Å². The molecule has 1 saturated heterocycles. The summed E-state index contributed by atoms with van der Waals surface area (Å²) in [6.45, 7) is 6.72. The zero-order valence-electron chi connectivity index (χ0n) is 18.2. The number of non-ortho nitro benzene ring substituents is 1. The highest BCUT2D eigenvalue weighted by Gasteiger charge is 2.17. The molecule has 166 valence electrons. The molecule has 0 spiro atoms. The lowest BCUT2D eigenvalue weighted by Crippen LogP contribution is -2.34. The van der Waals surface area contributed by atoms with Gasteiger partial charge in [-0.15, -0.1) is 0 Å². The molecule has 1 unspecified atom stereocenters. The van der Waals surface area contributed by atoms with Crippen LogP contribution in [0.4, 0.5) is 11.4 Å². The number of hydrogen-bond acceptors (Lipinski definition) is 5. The van der Waals surface area contributed by atoms with E-state index in [4.69, 9.17) is 0 Å². The normalized spacial score (nSPS) is 16.6. The predicted octanol–water partition coefficient (Wildman–Crippen LogP) is 4.34. The van der Waals surface area contributed by atoms with Crippen molar-refractivity contribution in [1.29, 1.82) is 0 Å². The van der Waals surface area contributed by atoms with Gasteiger partial charge in [0.1, 0.15) is 0 Å². The number of likely N-dealkylation sites (tertiary alicyclic amines) is 1. The number of carbonyl (C=O) groups is 1. The van der Waals surface area contributed by atoms with Crippen LogP contribution in [0.3, 0.4) is 0 Å². The van der Waals surface area contributed by atoms with Gasteiger partial charge < -0.3 is 10.6 Å². The first-order valence-corrected chi connectivity index (χ1v) is 11.1. The first-order chi connectivity index (χ1) is 15.0. The van der Waals surface area contributed by atoms with Gasteiger partial charge in [0, 0.05) is 50.4 Å². The van der Waals surface area contributed by atoms with Gasteiger partial charge in [0.2, 0.25) is 5.91 Å². The molecule has 31 heavy (non-hydrogen) atoms. The summed E-state index contributed by atoms with van der Waals surface area (Å²) in [7, 11) is 0. The average Bonchev–Trinajstić information content (AvgIpc) is 2.76. The highest BCUT2D eigenvalue weighted by molar-refractivity contribution is 5.75. The number of nitro benzene ring substituents is 1. The van der Waals surface area contributed by atoms with Crippen molar-refractivity contribution in [3.8, 4) is 0 Å². The second kappa shape index (κ2) is 11.5. The van der Waals surface area contributed by atoms with Crippen LogP contribution in [-0.4, -0.2) is 35.4 Å². The van der Waals surface area contributed by atoms with E-state index in [1.165, 1.54) is 36.1 Å². The molecule has 1 heterocycles. The number of piperidine rings is 1. The van der Waals surface area contributed by atoms with Gasteiger partial charge in [-0.1, -0.05) is 31.2 Å². The third-order valence-electron chi connectivity index (χ3n) is 5.72. The van der Waals surface area contributed by atoms with Crippen molar-refractivity contribution in [2.24, 2.45) is 5.92 Å². The minimum Gasteiger partial charge on any atom is -0.385 e. The maximum atomic E-state index is 12.3. The van der Waals surface area contributed by atoms with Crippen LogP contribution < -0.4 is 10.6 Å². The monoisotopic (exact) mass is 424 g/mol. The molecule has 1 atom stereocenters. The summed E-state index contributed by atoms with van der Waals surface area (Å²) < 4.78 is 0. The standard InChI is InChI=1S/C24H32N4O3/c1-19-6-5-15-27(17-19)18-21-8-3-2-7-20(21)16-26-24(29)9-4-14-25-22-10-12-23(13-11-22)28(30)31/h2-3,7-8,10-13,19,25H,4-6,9,14-18H2,1H3,(H,26,29). The van der Waals surface area contributed by atoms with Gasteiger partial charge in [-0.3, -0.25) is 19.8 Å². The second-order valence-corrected chi connectivity index (χ2v) is 8.36. The number of benzene rings is 2.